The smallest absolute Gasteiger partial charge is 0.313 e. The summed E-state index contributed by atoms with van der Waals surface area (Å²) in [5.74, 6) is -1.05. The number of carboxylic acid groups (broad SMARTS) is 1. The fraction of sp³-hybridized carbons (Fsp3) is 0.533. The summed E-state index contributed by atoms with van der Waals surface area (Å²) in [7, 11) is 3.24. The second kappa shape index (κ2) is 6.41. The Kier molecular flexibility index (Phi) is 4.80. The van der Waals surface area contributed by atoms with Crippen molar-refractivity contribution in [1.82, 2.24) is 4.90 Å². The van der Waals surface area contributed by atoms with Crippen LogP contribution in [0.2, 0.25) is 0 Å². The third-order valence-electron chi connectivity index (χ3n) is 3.80. The number of halogens is 1. The Morgan fingerprint density at radius 3 is 2.86 bits per heavy atom. The van der Waals surface area contributed by atoms with E-state index < -0.39 is 17.2 Å². The van der Waals surface area contributed by atoms with Crippen molar-refractivity contribution >= 4 is 5.97 Å². The lowest BCUT2D eigenvalue weighted by Gasteiger charge is -2.28. The van der Waals surface area contributed by atoms with Gasteiger partial charge in [0.05, 0.1) is 13.7 Å². The number of methoxy groups -OCH3 is 1. The Balaban J connectivity index is 2.02. The second-order valence-corrected chi connectivity index (χ2v) is 5.53. The van der Waals surface area contributed by atoms with Crippen LogP contribution in [0.1, 0.15) is 12.0 Å². The van der Waals surface area contributed by atoms with E-state index in [0.717, 1.165) is 5.56 Å². The van der Waals surface area contributed by atoms with Gasteiger partial charge in [-0.1, -0.05) is 6.07 Å². The van der Waals surface area contributed by atoms with E-state index in [-0.39, 0.29) is 12.4 Å². The zero-order valence-electron chi connectivity index (χ0n) is 12.3. The summed E-state index contributed by atoms with van der Waals surface area (Å²) in [6.07, 6.45) is 0.504. The van der Waals surface area contributed by atoms with Gasteiger partial charge in [0.15, 0.2) is 11.6 Å². The van der Waals surface area contributed by atoms with Gasteiger partial charge < -0.3 is 19.5 Å². The normalized spacial score (nSPS) is 21.7. The van der Waals surface area contributed by atoms with E-state index in [2.05, 4.69) is 0 Å². The Morgan fingerprint density at radius 1 is 1.57 bits per heavy atom. The van der Waals surface area contributed by atoms with Gasteiger partial charge in [0.25, 0.3) is 0 Å². The highest BCUT2D eigenvalue weighted by molar-refractivity contribution is 5.75. The van der Waals surface area contributed by atoms with E-state index in [9.17, 15) is 14.3 Å². The molecule has 0 aromatic heterocycles. The predicted octanol–water partition coefficient (Wildman–Crippen LogP) is 1.76. The fourth-order valence-electron chi connectivity index (χ4n) is 2.66. The van der Waals surface area contributed by atoms with Gasteiger partial charge >= 0.3 is 5.97 Å². The quantitative estimate of drug-likeness (QED) is 0.867. The Morgan fingerprint density at radius 2 is 2.33 bits per heavy atom. The van der Waals surface area contributed by atoms with Crippen molar-refractivity contribution in [3.8, 4) is 5.75 Å². The van der Waals surface area contributed by atoms with Crippen molar-refractivity contribution in [3.05, 3.63) is 29.6 Å². The molecule has 1 heterocycles. The molecule has 0 aliphatic carbocycles. The van der Waals surface area contributed by atoms with Crippen LogP contribution >= 0.6 is 0 Å². The Hall–Kier alpha value is -1.66. The molecule has 1 aliphatic rings. The topological polar surface area (TPSA) is 59.0 Å². The second-order valence-electron chi connectivity index (χ2n) is 5.53. The van der Waals surface area contributed by atoms with Gasteiger partial charge in [-0.2, -0.15) is 0 Å². The summed E-state index contributed by atoms with van der Waals surface area (Å²) < 4.78 is 23.8. The van der Waals surface area contributed by atoms with Crippen LogP contribution in [0.3, 0.4) is 0 Å². The number of carbonyl (C=O) groups is 1. The Labute approximate surface area is 123 Å². The van der Waals surface area contributed by atoms with E-state index in [1.54, 1.807) is 12.1 Å². The number of carboxylic acids is 1. The van der Waals surface area contributed by atoms with Gasteiger partial charge in [0.2, 0.25) is 0 Å². The summed E-state index contributed by atoms with van der Waals surface area (Å²) in [5, 5.41) is 9.41. The van der Waals surface area contributed by atoms with E-state index >= 15 is 0 Å². The summed E-state index contributed by atoms with van der Waals surface area (Å²) in [5.41, 5.74) is -0.0880. The van der Waals surface area contributed by atoms with Crippen molar-refractivity contribution in [2.45, 2.75) is 13.0 Å². The van der Waals surface area contributed by atoms with Crippen molar-refractivity contribution in [2.24, 2.45) is 5.41 Å². The van der Waals surface area contributed by atoms with Crippen LogP contribution in [0.15, 0.2) is 18.2 Å². The maximum Gasteiger partial charge on any atom is 0.313 e. The number of aliphatic carboxylic acids is 1. The lowest BCUT2D eigenvalue weighted by molar-refractivity contribution is -0.150. The van der Waals surface area contributed by atoms with E-state index in [1.807, 2.05) is 11.9 Å². The maximum absolute atomic E-state index is 13.7. The van der Waals surface area contributed by atoms with E-state index in [1.165, 1.54) is 13.2 Å². The number of hydrogen-bond acceptors (Lipinski definition) is 4. The molecule has 1 unspecified atom stereocenters. The first kappa shape index (κ1) is 15.7. The van der Waals surface area contributed by atoms with Crippen LogP contribution in [0.4, 0.5) is 4.39 Å². The predicted molar refractivity (Wildman–Crippen MR) is 74.8 cm³/mol. The molecule has 116 valence electrons. The van der Waals surface area contributed by atoms with Crippen LogP contribution in [0.25, 0.3) is 0 Å². The molecule has 6 heteroatoms. The van der Waals surface area contributed by atoms with Gasteiger partial charge in [0.1, 0.15) is 5.41 Å². The number of ether oxygens (including phenoxy) is 2. The molecule has 1 N–H and O–H groups in total. The molecule has 1 atom stereocenters. The van der Waals surface area contributed by atoms with Crippen LogP contribution in [0, 0.1) is 11.2 Å². The van der Waals surface area contributed by atoms with Gasteiger partial charge in [-0.3, -0.25) is 4.79 Å². The molecule has 1 fully saturated rings. The Bertz CT molecular complexity index is 514. The fourth-order valence-corrected chi connectivity index (χ4v) is 2.66. The molecule has 0 radical (unpaired) electrons. The minimum absolute atomic E-state index is 0.201. The molecular formula is C15H20FNO4. The minimum Gasteiger partial charge on any atom is -0.494 e. The molecule has 1 aromatic rings. The van der Waals surface area contributed by atoms with Crippen LogP contribution in [-0.2, 0) is 16.1 Å². The zero-order valence-corrected chi connectivity index (χ0v) is 12.3. The van der Waals surface area contributed by atoms with Crippen LogP contribution < -0.4 is 4.74 Å². The number of rotatable bonds is 6. The summed E-state index contributed by atoms with van der Waals surface area (Å²) in [6.45, 7) is 1.53. The number of hydrogen-bond donors (Lipinski definition) is 1. The SMILES string of the molecule is COc1ccc(CN(C)CC2(C(=O)O)CCOC2)cc1F. The third kappa shape index (κ3) is 3.51. The van der Waals surface area contributed by atoms with Crippen molar-refractivity contribution in [2.75, 3.05) is 33.9 Å². The largest absolute Gasteiger partial charge is 0.494 e. The molecule has 0 amide bonds. The standard InChI is InChI=1S/C15H20FNO4/c1-17(9-15(14(18)19)5-6-21-10-15)8-11-3-4-13(20-2)12(16)7-11/h3-4,7H,5-6,8-10H2,1-2H3,(H,18,19). The zero-order chi connectivity index (χ0) is 15.5. The average molecular weight is 297 g/mol. The third-order valence-corrected chi connectivity index (χ3v) is 3.80. The molecule has 2 rings (SSSR count). The lowest BCUT2D eigenvalue weighted by Crippen LogP contribution is -2.42. The van der Waals surface area contributed by atoms with Gasteiger partial charge in [-0.25, -0.2) is 4.39 Å². The number of nitrogens with zero attached hydrogens (tertiary/aromatic N) is 1. The highest BCUT2D eigenvalue weighted by Gasteiger charge is 2.43. The molecule has 1 aromatic carbocycles. The number of benzene rings is 1. The molecule has 0 bridgehead atoms. The summed E-state index contributed by atoms with van der Waals surface area (Å²) in [4.78, 5) is 13.3. The molecule has 5 nitrogen and oxygen atoms in total. The monoisotopic (exact) mass is 297 g/mol. The van der Waals surface area contributed by atoms with Crippen LogP contribution in [0.5, 0.6) is 5.75 Å². The highest BCUT2D eigenvalue weighted by Crippen LogP contribution is 2.30. The lowest BCUT2D eigenvalue weighted by atomic mass is 9.87. The molecule has 1 aliphatic heterocycles. The van der Waals surface area contributed by atoms with Crippen molar-refractivity contribution in [3.63, 3.8) is 0 Å². The first-order chi connectivity index (χ1) is 9.97. The summed E-state index contributed by atoms with van der Waals surface area (Å²) >= 11 is 0. The molecule has 0 spiro atoms. The highest BCUT2D eigenvalue weighted by atomic mass is 19.1. The van der Waals surface area contributed by atoms with E-state index in [4.69, 9.17) is 9.47 Å². The molecule has 21 heavy (non-hydrogen) atoms. The maximum atomic E-state index is 13.7. The molecular weight excluding hydrogens is 277 g/mol. The van der Waals surface area contributed by atoms with E-state index in [0.29, 0.717) is 26.1 Å². The van der Waals surface area contributed by atoms with Crippen molar-refractivity contribution < 1.29 is 23.8 Å². The first-order valence-electron chi connectivity index (χ1n) is 6.79. The minimum atomic E-state index is -0.861. The molecule has 0 saturated carbocycles. The first-order valence-corrected chi connectivity index (χ1v) is 6.79. The van der Waals surface area contributed by atoms with Gasteiger partial charge in [-0.05, 0) is 31.2 Å². The van der Waals surface area contributed by atoms with Gasteiger partial charge in [0, 0.05) is 19.7 Å². The van der Waals surface area contributed by atoms with Crippen LogP contribution in [-0.4, -0.2) is 49.9 Å². The molecule has 1 saturated heterocycles. The van der Waals surface area contributed by atoms with Gasteiger partial charge in [-0.15, -0.1) is 0 Å². The average Bonchev–Trinajstić information content (AvgIpc) is 2.88. The summed E-state index contributed by atoms with van der Waals surface area (Å²) in [6, 6.07) is 4.76. The van der Waals surface area contributed by atoms with Crippen molar-refractivity contribution in [1.29, 1.82) is 0 Å².